The van der Waals surface area contributed by atoms with Crippen LogP contribution in [0.2, 0.25) is 0 Å². The van der Waals surface area contributed by atoms with Gasteiger partial charge in [-0.2, -0.15) is 12.8 Å². The molecule has 0 aliphatic heterocycles. The van der Waals surface area contributed by atoms with Gasteiger partial charge in [0, 0.05) is 0 Å². The average Bonchev–Trinajstić information content (AvgIpc) is 3.07. The fourth-order valence-electron chi connectivity index (χ4n) is 2.52. The van der Waals surface area contributed by atoms with Crippen LogP contribution in [0.25, 0.3) is 10.2 Å². The summed E-state index contributed by atoms with van der Waals surface area (Å²) in [6.07, 6.45) is 4.24. The molecule has 5 nitrogen and oxygen atoms in total. The van der Waals surface area contributed by atoms with Crippen LogP contribution in [0.15, 0.2) is 85.3 Å². The van der Waals surface area contributed by atoms with E-state index in [4.69, 9.17) is 0 Å². The Morgan fingerprint density at radius 1 is 1.04 bits per heavy atom. The topological polar surface area (TPSA) is 76.5 Å². The molecule has 8 heteroatoms. The monoisotopic (exact) mass is 426 g/mol. The van der Waals surface area contributed by atoms with Crippen molar-refractivity contribution in [3.63, 3.8) is 0 Å². The van der Waals surface area contributed by atoms with E-state index in [0.717, 1.165) is 20.1 Å². The number of nitrogens with zero attached hydrogens (tertiary/aromatic N) is 2. The largest absolute Gasteiger partial charge is 0.289 e. The molecule has 0 saturated carbocycles. The summed E-state index contributed by atoms with van der Waals surface area (Å²) in [6.45, 7) is 1.88. The van der Waals surface area contributed by atoms with Crippen LogP contribution in [0.4, 0.5) is 0 Å². The van der Waals surface area contributed by atoms with E-state index in [1.54, 1.807) is 12.1 Å². The molecule has 1 aromatic heterocycles. The van der Waals surface area contributed by atoms with Crippen molar-refractivity contribution in [2.24, 2.45) is 4.40 Å². The SMILES string of the molecule is Cc1ccc(S(=O)(=O)N=C2C=CC(=O)C(Sc3nc4ccccc4s3)=C2)cc1. The summed E-state index contributed by atoms with van der Waals surface area (Å²) in [7, 11) is -3.85. The quantitative estimate of drug-likeness (QED) is 0.572. The fraction of sp³-hybridized carbons (Fsp3) is 0.0500. The molecule has 3 aromatic rings. The Bertz CT molecular complexity index is 1230. The predicted octanol–water partition coefficient (Wildman–Crippen LogP) is 4.55. The van der Waals surface area contributed by atoms with E-state index in [0.29, 0.717) is 4.91 Å². The molecule has 0 radical (unpaired) electrons. The van der Waals surface area contributed by atoms with Crippen LogP contribution in [0, 0.1) is 6.92 Å². The Balaban J connectivity index is 1.64. The van der Waals surface area contributed by atoms with E-state index in [1.165, 1.54) is 53.5 Å². The van der Waals surface area contributed by atoms with Crippen LogP contribution < -0.4 is 0 Å². The molecule has 2 aromatic carbocycles. The van der Waals surface area contributed by atoms with Crippen LogP contribution in [0.5, 0.6) is 0 Å². The van der Waals surface area contributed by atoms with Gasteiger partial charge in [0.05, 0.1) is 25.7 Å². The summed E-state index contributed by atoms with van der Waals surface area (Å²) in [5.41, 5.74) is 2.04. The predicted molar refractivity (Wildman–Crippen MR) is 114 cm³/mol. The van der Waals surface area contributed by atoms with Crippen LogP contribution in [0.3, 0.4) is 0 Å². The molecular formula is C20H14N2O3S3. The summed E-state index contributed by atoms with van der Waals surface area (Å²) < 4.78 is 30.7. The molecule has 0 atom stereocenters. The van der Waals surface area contributed by atoms with Gasteiger partial charge in [0.2, 0.25) is 0 Å². The standard InChI is InChI=1S/C20H14N2O3S3/c1-13-6-9-15(10-7-13)28(24,25)22-14-8-11-17(23)19(12-14)27-20-21-16-4-2-3-5-18(16)26-20/h2-12H,1H3. The van der Waals surface area contributed by atoms with Crippen molar-refractivity contribution in [3.8, 4) is 0 Å². The van der Waals surface area contributed by atoms with Crippen molar-refractivity contribution in [1.82, 2.24) is 4.98 Å². The molecule has 1 heterocycles. The van der Waals surface area contributed by atoms with E-state index in [1.807, 2.05) is 31.2 Å². The Labute approximate surface area is 170 Å². The second kappa shape index (κ2) is 7.46. The Hall–Kier alpha value is -2.55. The summed E-state index contributed by atoms with van der Waals surface area (Å²) in [5.74, 6) is -0.198. The highest BCUT2D eigenvalue weighted by molar-refractivity contribution is 8.05. The summed E-state index contributed by atoms with van der Waals surface area (Å²) >= 11 is 2.70. The summed E-state index contributed by atoms with van der Waals surface area (Å²) in [5, 5.41) is 0. The maximum absolute atomic E-state index is 12.5. The van der Waals surface area contributed by atoms with E-state index in [2.05, 4.69) is 9.38 Å². The van der Waals surface area contributed by atoms with Gasteiger partial charge < -0.3 is 0 Å². The van der Waals surface area contributed by atoms with Gasteiger partial charge in [0.25, 0.3) is 10.0 Å². The zero-order valence-electron chi connectivity index (χ0n) is 14.7. The number of carbonyl (C=O) groups excluding carboxylic acids is 1. The number of benzene rings is 2. The number of rotatable bonds is 4. The van der Waals surface area contributed by atoms with E-state index in [-0.39, 0.29) is 16.4 Å². The van der Waals surface area contributed by atoms with Crippen LogP contribution in [-0.2, 0) is 14.8 Å². The Kier molecular flexibility index (Phi) is 5.01. The lowest BCUT2D eigenvalue weighted by molar-refractivity contribution is -0.110. The minimum Gasteiger partial charge on any atom is -0.289 e. The van der Waals surface area contributed by atoms with Gasteiger partial charge in [-0.3, -0.25) is 4.79 Å². The molecule has 0 N–H and O–H groups in total. The first kappa shape index (κ1) is 18.8. The molecule has 0 spiro atoms. The van der Waals surface area contributed by atoms with Crippen molar-refractivity contribution in [3.05, 3.63) is 77.2 Å². The highest BCUT2D eigenvalue weighted by Crippen LogP contribution is 2.35. The fourth-order valence-corrected chi connectivity index (χ4v) is 5.58. The number of thiazole rings is 1. The van der Waals surface area contributed by atoms with Crippen LogP contribution >= 0.6 is 23.1 Å². The van der Waals surface area contributed by atoms with Crippen molar-refractivity contribution in [2.45, 2.75) is 16.2 Å². The van der Waals surface area contributed by atoms with Gasteiger partial charge in [-0.05, 0) is 49.4 Å². The minimum atomic E-state index is -3.85. The molecule has 140 valence electrons. The number of allylic oxidation sites excluding steroid dienone is 4. The van der Waals surface area contributed by atoms with Crippen molar-refractivity contribution in [1.29, 1.82) is 0 Å². The lowest BCUT2D eigenvalue weighted by atomic mass is 10.2. The van der Waals surface area contributed by atoms with E-state index in [9.17, 15) is 13.2 Å². The summed E-state index contributed by atoms with van der Waals surface area (Å²) in [6, 6.07) is 14.2. The van der Waals surface area contributed by atoms with E-state index < -0.39 is 10.0 Å². The zero-order valence-corrected chi connectivity index (χ0v) is 17.1. The average molecular weight is 427 g/mol. The highest BCUT2D eigenvalue weighted by Gasteiger charge is 2.19. The number of fused-ring (bicyclic) bond motifs is 1. The highest BCUT2D eigenvalue weighted by atomic mass is 32.2. The maximum atomic E-state index is 12.5. The molecule has 0 amide bonds. The van der Waals surface area contributed by atoms with Crippen molar-refractivity contribution < 1.29 is 13.2 Å². The number of hydrogen-bond donors (Lipinski definition) is 0. The van der Waals surface area contributed by atoms with E-state index >= 15 is 0 Å². The van der Waals surface area contributed by atoms with Crippen molar-refractivity contribution >= 4 is 54.8 Å². The van der Waals surface area contributed by atoms with Gasteiger partial charge in [0.1, 0.15) is 0 Å². The van der Waals surface area contributed by atoms with Gasteiger partial charge >= 0.3 is 0 Å². The number of aromatic nitrogens is 1. The molecule has 0 bridgehead atoms. The van der Waals surface area contributed by atoms with Crippen LogP contribution in [0.1, 0.15) is 5.56 Å². The third kappa shape index (κ3) is 3.99. The summed E-state index contributed by atoms with van der Waals surface area (Å²) in [4.78, 5) is 17.2. The molecule has 0 unspecified atom stereocenters. The number of sulfonamides is 1. The lowest BCUT2D eigenvalue weighted by Gasteiger charge is -2.07. The molecule has 0 fully saturated rings. The molecule has 0 saturated heterocycles. The number of thioether (sulfide) groups is 1. The number of para-hydroxylation sites is 1. The third-order valence-corrected chi connectivity index (χ3v) is 7.40. The maximum Gasteiger partial charge on any atom is 0.282 e. The number of hydrogen-bond acceptors (Lipinski definition) is 6. The van der Waals surface area contributed by atoms with Gasteiger partial charge in [-0.1, -0.05) is 41.6 Å². The molecule has 4 rings (SSSR count). The second-order valence-electron chi connectivity index (χ2n) is 6.06. The minimum absolute atomic E-state index is 0.115. The smallest absolute Gasteiger partial charge is 0.282 e. The number of aryl methyl sites for hydroxylation is 1. The van der Waals surface area contributed by atoms with Gasteiger partial charge in [0.15, 0.2) is 10.1 Å². The third-order valence-electron chi connectivity index (χ3n) is 3.94. The first-order chi connectivity index (χ1) is 13.4. The van der Waals surface area contributed by atoms with Gasteiger partial charge in [-0.15, -0.1) is 11.3 Å². The molecule has 28 heavy (non-hydrogen) atoms. The lowest BCUT2D eigenvalue weighted by Crippen LogP contribution is -2.08. The van der Waals surface area contributed by atoms with Crippen LogP contribution in [-0.4, -0.2) is 24.9 Å². The number of ketones is 1. The molecule has 1 aliphatic carbocycles. The number of carbonyl (C=O) groups is 1. The normalized spacial score (nSPS) is 16.0. The first-order valence-electron chi connectivity index (χ1n) is 8.30. The Morgan fingerprint density at radius 2 is 1.79 bits per heavy atom. The molecular weight excluding hydrogens is 412 g/mol. The molecule has 1 aliphatic rings. The Morgan fingerprint density at radius 3 is 2.54 bits per heavy atom. The second-order valence-corrected chi connectivity index (χ2v) is 9.98. The van der Waals surface area contributed by atoms with Crippen molar-refractivity contribution in [2.75, 3.05) is 0 Å². The zero-order chi connectivity index (χ0) is 19.7. The first-order valence-corrected chi connectivity index (χ1v) is 11.4. The van der Waals surface area contributed by atoms with Gasteiger partial charge in [-0.25, -0.2) is 4.98 Å².